The first-order valence-corrected chi connectivity index (χ1v) is 5.19. The molecule has 3 N–H and O–H groups in total. The molecule has 0 aliphatic rings. The van der Waals surface area contributed by atoms with Crippen molar-refractivity contribution < 1.29 is 9.53 Å². The third-order valence-corrected chi connectivity index (χ3v) is 2.13. The second-order valence-corrected chi connectivity index (χ2v) is 3.69. The minimum atomic E-state index is -0.0771. The molecule has 1 unspecified atom stereocenters. The first-order chi connectivity index (χ1) is 7.61. The van der Waals surface area contributed by atoms with E-state index in [0.717, 1.165) is 6.42 Å². The van der Waals surface area contributed by atoms with Gasteiger partial charge in [-0.3, -0.25) is 9.48 Å². The standard InChI is InChI=1S/C10H18N4O2/c1-8(4-6-16-2)12-10(15)7-14-5-3-9(11)13-14/h3,5,8H,4,6-7H2,1-2H3,(H2,11,13)(H,12,15). The van der Waals surface area contributed by atoms with Gasteiger partial charge in [0.05, 0.1) is 0 Å². The van der Waals surface area contributed by atoms with Gasteiger partial charge in [-0.25, -0.2) is 0 Å². The summed E-state index contributed by atoms with van der Waals surface area (Å²) in [6.45, 7) is 2.76. The van der Waals surface area contributed by atoms with Crippen molar-refractivity contribution in [3.05, 3.63) is 12.3 Å². The zero-order valence-electron chi connectivity index (χ0n) is 9.64. The number of amides is 1. The lowest BCUT2D eigenvalue weighted by Gasteiger charge is -2.13. The summed E-state index contributed by atoms with van der Waals surface area (Å²) >= 11 is 0. The number of hydrogen-bond donors (Lipinski definition) is 2. The molecule has 1 heterocycles. The number of anilines is 1. The molecule has 16 heavy (non-hydrogen) atoms. The molecule has 1 atom stereocenters. The highest BCUT2D eigenvalue weighted by Gasteiger charge is 2.08. The fourth-order valence-electron chi connectivity index (χ4n) is 1.30. The topological polar surface area (TPSA) is 82.2 Å². The molecule has 0 radical (unpaired) electrons. The van der Waals surface area contributed by atoms with E-state index in [2.05, 4.69) is 10.4 Å². The van der Waals surface area contributed by atoms with E-state index >= 15 is 0 Å². The molecule has 6 heteroatoms. The van der Waals surface area contributed by atoms with Gasteiger partial charge in [0.15, 0.2) is 0 Å². The average molecular weight is 226 g/mol. The predicted molar refractivity (Wildman–Crippen MR) is 60.7 cm³/mol. The summed E-state index contributed by atoms with van der Waals surface area (Å²) < 4.78 is 6.44. The Kier molecular flexibility index (Phi) is 4.78. The highest BCUT2D eigenvalue weighted by Crippen LogP contribution is 1.96. The molecule has 0 aliphatic heterocycles. The van der Waals surface area contributed by atoms with Crippen LogP contribution in [-0.2, 0) is 16.1 Å². The van der Waals surface area contributed by atoms with Crippen LogP contribution in [0.3, 0.4) is 0 Å². The third kappa shape index (κ3) is 4.31. The number of aromatic nitrogens is 2. The highest BCUT2D eigenvalue weighted by atomic mass is 16.5. The number of carbonyl (C=O) groups excluding carboxylic acids is 1. The quantitative estimate of drug-likeness (QED) is 0.715. The zero-order valence-corrected chi connectivity index (χ0v) is 9.64. The van der Waals surface area contributed by atoms with Crippen LogP contribution in [0.25, 0.3) is 0 Å². The van der Waals surface area contributed by atoms with Crippen LogP contribution in [0.15, 0.2) is 12.3 Å². The maximum Gasteiger partial charge on any atom is 0.241 e. The molecule has 90 valence electrons. The van der Waals surface area contributed by atoms with Crippen molar-refractivity contribution in [1.82, 2.24) is 15.1 Å². The van der Waals surface area contributed by atoms with Crippen LogP contribution in [0.4, 0.5) is 5.82 Å². The van der Waals surface area contributed by atoms with Crippen molar-refractivity contribution in [3.8, 4) is 0 Å². The third-order valence-electron chi connectivity index (χ3n) is 2.13. The second kappa shape index (κ2) is 6.12. The van der Waals surface area contributed by atoms with Crippen molar-refractivity contribution in [3.63, 3.8) is 0 Å². The first kappa shape index (κ1) is 12.5. The number of nitrogen functional groups attached to an aromatic ring is 1. The van der Waals surface area contributed by atoms with E-state index < -0.39 is 0 Å². The molecule has 1 aromatic heterocycles. The number of ether oxygens (including phenoxy) is 1. The van der Waals surface area contributed by atoms with Gasteiger partial charge < -0.3 is 15.8 Å². The average Bonchev–Trinajstić information content (AvgIpc) is 2.60. The van der Waals surface area contributed by atoms with Crippen molar-refractivity contribution in [2.45, 2.75) is 25.9 Å². The molecule has 0 saturated carbocycles. The molecule has 1 rings (SSSR count). The van der Waals surface area contributed by atoms with Gasteiger partial charge in [0.2, 0.25) is 5.91 Å². The maximum absolute atomic E-state index is 11.5. The lowest BCUT2D eigenvalue weighted by atomic mass is 10.2. The Labute approximate surface area is 94.8 Å². The molecule has 1 aromatic rings. The molecule has 0 saturated heterocycles. The van der Waals surface area contributed by atoms with Crippen molar-refractivity contribution in [1.29, 1.82) is 0 Å². The number of carbonyl (C=O) groups is 1. The van der Waals surface area contributed by atoms with E-state index in [1.54, 1.807) is 19.4 Å². The molecule has 6 nitrogen and oxygen atoms in total. The van der Waals surface area contributed by atoms with Crippen LogP contribution in [-0.4, -0.2) is 35.4 Å². The molecular weight excluding hydrogens is 208 g/mol. The Bertz CT molecular complexity index is 337. The van der Waals surface area contributed by atoms with Crippen LogP contribution < -0.4 is 11.1 Å². The van der Waals surface area contributed by atoms with E-state index in [0.29, 0.717) is 12.4 Å². The van der Waals surface area contributed by atoms with Gasteiger partial charge >= 0.3 is 0 Å². The highest BCUT2D eigenvalue weighted by molar-refractivity contribution is 5.75. The number of nitrogens with one attached hydrogen (secondary N) is 1. The fraction of sp³-hybridized carbons (Fsp3) is 0.600. The number of rotatable bonds is 6. The molecule has 1 amide bonds. The zero-order chi connectivity index (χ0) is 12.0. The van der Waals surface area contributed by atoms with Crippen LogP contribution >= 0.6 is 0 Å². The summed E-state index contributed by atoms with van der Waals surface area (Å²) in [6, 6.07) is 1.75. The Morgan fingerprint density at radius 1 is 1.75 bits per heavy atom. The van der Waals surface area contributed by atoms with E-state index in [1.807, 2.05) is 6.92 Å². The SMILES string of the molecule is COCCC(C)NC(=O)Cn1ccc(N)n1. The van der Waals surface area contributed by atoms with Crippen LogP contribution in [0, 0.1) is 0 Å². The Morgan fingerprint density at radius 3 is 3.06 bits per heavy atom. The first-order valence-electron chi connectivity index (χ1n) is 5.19. The second-order valence-electron chi connectivity index (χ2n) is 3.69. The van der Waals surface area contributed by atoms with E-state index in [4.69, 9.17) is 10.5 Å². The van der Waals surface area contributed by atoms with Gasteiger partial charge in [-0.05, 0) is 19.4 Å². The van der Waals surface area contributed by atoms with Gasteiger partial charge in [0, 0.05) is 26.0 Å². The number of nitrogens with two attached hydrogens (primary N) is 1. The molecule has 0 aliphatic carbocycles. The monoisotopic (exact) mass is 226 g/mol. The summed E-state index contributed by atoms with van der Waals surface area (Å²) in [5.41, 5.74) is 5.44. The van der Waals surface area contributed by atoms with E-state index in [9.17, 15) is 4.79 Å². The summed E-state index contributed by atoms with van der Waals surface area (Å²) in [5, 5.41) is 6.78. The van der Waals surface area contributed by atoms with Gasteiger partial charge in [-0.15, -0.1) is 0 Å². The number of hydrogen-bond acceptors (Lipinski definition) is 4. The van der Waals surface area contributed by atoms with Gasteiger partial charge in [0.25, 0.3) is 0 Å². The Morgan fingerprint density at radius 2 is 2.50 bits per heavy atom. The van der Waals surface area contributed by atoms with E-state index in [-0.39, 0.29) is 18.5 Å². The molecule has 0 bridgehead atoms. The lowest BCUT2D eigenvalue weighted by Crippen LogP contribution is -2.35. The number of nitrogens with zero attached hydrogens (tertiary/aromatic N) is 2. The fourth-order valence-corrected chi connectivity index (χ4v) is 1.30. The summed E-state index contributed by atoms with van der Waals surface area (Å²) in [4.78, 5) is 11.5. The minimum Gasteiger partial charge on any atom is -0.385 e. The molecular formula is C10H18N4O2. The van der Waals surface area contributed by atoms with Gasteiger partial charge in [-0.2, -0.15) is 5.10 Å². The molecule has 0 aromatic carbocycles. The largest absolute Gasteiger partial charge is 0.385 e. The van der Waals surface area contributed by atoms with Crippen LogP contribution in [0.1, 0.15) is 13.3 Å². The normalized spacial score (nSPS) is 12.4. The molecule has 0 fully saturated rings. The lowest BCUT2D eigenvalue weighted by molar-refractivity contribution is -0.122. The number of methoxy groups -OCH3 is 1. The summed E-state index contributed by atoms with van der Waals surface area (Å²) in [7, 11) is 1.64. The minimum absolute atomic E-state index is 0.0771. The van der Waals surface area contributed by atoms with Gasteiger partial charge in [0.1, 0.15) is 12.4 Å². The van der Waals surface area contributed by atoms with E-state index in [1.165, 1.54) is 4.68 Å². The summed E-state index contributed by atoms with van der Waals surface area (Å²) in [6.07, 6.45) is 2.47. The van der Waals surface area contributed by atoms with Crippen molar-refractivity contribution in [2.24, 2.45) is 0 Å². The van der Waals surface area contributed by atoms with Crippen molar-refractivity contribution in [2.75, 3.05) is 19.5 Å². The van der Waals surface area contributed by atoms with Crippen LogP contribution in [0.5, 0.6) is 0 Å². The Balaban J connectivity index is 2.30. The Hall–Kier alpha value is -1.56. The van der Waals surface area contributed by atoms with Gasteiger partial charge in [-0.1, -0.05) is 0 Å². The molecule has 0 spiro atoms. The van der Waals surface area contributed by atoms with Crippen molar-refractivity contribution >= 4 is 11.7 Å². The van der Waals surface area contributed by atoms with Crippen LogP contribution in [0.2, 0.25) is 0 Å². The smallest absolute Gasteiger partial charge is 0.241 e. The summed E-state index contributed by atoms with van der Waals surface area (Å²) in [5.74, 6) is 0.340. The predicted octanol–water partition coefficient (Wildman–Crippen LogP) is 0.00650. The maximum atomic E-state index is 11.5.